The van der Waals surface area contributed by atoms with Crippen LogP contribution < -0.4 is 10.2 Å². The predicted octanol–water partition coefficient (Wildman–Crippen LogP) is 8.11. The molecule has 8 nitrogen and oxygen atoms in total. The molecule has 218 valence electrons. The fourth-order valence-corrected chi connectivity index (χ4v) is 3.73. The van der Waals surface area contributed by atoms with Crippen LogP contribution in [0.3, 0.4) is 0 Å². The average Bonchev–Trinajstić information content (AvgIpc) is 2.82. The number of nitrogens with one attached hydrogen (secondary N) is 1. The summed E-state index contributed by atoms with van der Waals surface area (Å²) in [6.07, 6.45) is 2.20. The van der Waals surface area contributed by atoms with Gasteiger partial charge in [0.1, 0.15) is 17.0 Å². The molecule has 0 saturated heterocycles. The number of carbonyl (C=O) groups excluding carboxylic acids is 2. The average molecular weight is 567 g/mol. The lowest BCUT2D eigenvalue weighted by Crippen LogP contribution is -2.44. The molecular formula is C31H36F2N4O4. The van der Waals surface area contributed by atoms with Crippen LogP contribution in [0.15, 0.2) is 49.4 Å². The Hall–Kier alpha value is -4.34. The number of benzene rings is 1. The molecule has 10 heteroatoms. The van der Waals surface area contributed by atoms with Crippen molar-refractivity contribution in [3.63, 3.8) is 0 Å². The Labute approximate surface area is 239 Å². The second-order valence-corrected chi connectivity index (χ2v) is 11.7. The van der Waals surface area contributed by atoms with E-state index in [-0.39, 0.29) is 17.7 Å². The second kappa shape index (κ2) is 12.0. The van der Waals surface area contributed by atoms with Crippen molar-refractivity contribution in [3.8, 4) is 0 Å². The van der Waals surface area contributed by atoms with E-state index >= 15 is 4.39 Å². The molecule has 3 aromatic rings. The highest BCUT2D eigenvalue weighted by Crippen LogP contribution is 2.30. The summed E-state index contributed by atoms with van der Waals surface area (Å²) >= 11 is 0. The minimum atomic E-state index is -1.13. The lowest BCUT2D eigenvalue weighted by Gasteiger charge is -2.28. The van der Waals surface area contributed by atoms with Crippen LogP contribution in [0.4, 0.5) is 35.6 Å². The maximum atomic E-state index is 15.9. The lowest BCUT2D eigenvalue weighted by atomic mass is 10.0. The number of aromatic nitrogens is 2. The van der Waals surface area contributed by atoms with Crippen molar-refractivity contribution in [3.05, 3.63) is 83.3 Å². The number of hydrogen-bond donors (Lipinski definition) is 1. The molecule has 0 aliphatic heterocycles. The van der Waals surface area contributed by atoms with Crippen molar-refractivity contribution in [2.75, 3.05) is 10.2 Å². The Kier molecular flexibility index (Phi) is 9.16. The highest BCUT2D eigenvalue weighted by Gasteiger charge is 2.36. The number of allylic oxidation sites excluding steroid dienone is 1. The first kappa shape index (κ1) is 31.2. The number of anilines is 3. The van der Waals surface area contributed by atoms with Crippen molar-refractivity contribution >= 4 is 35.0 Å². The third-order valence-electron chi connectivity index (χ3n) is 5.75. The molecule has 0 radical (unpaired) electrons. The topological polar surface area (TPSA) is 93.7 Å². The Bertz CT molecular complexity index is 1450. The molecule has 1 N–H and O–H groups in total. The SMILES string of the molecule is C=C(C)c1ccc(Nc2cncc(Cc3ccnc(N(C(=O)OC(C)(C)C)C(=O)OC(C)(C)C)c3F)c2C)c(F)c1. The maximum absolute atomic E-state index is 15.9. The quantitative estimate of drug-likeness (QED) is 0.322. The Morgan fingerprint density at radius 1 is 0.951 bits per heavy atom. The van der Waals surface area contributed by atoms with Gasteiger partial charge in [0, 0.05) is 18.8 Å². The zero-order valence-electron chi connectivity index (χ0n) is 24.7. The second-order valence-electron chi connectivity index (χ2n) is 11.7. The van der Waals surface area contributed by atoms with Gasteiger partial charge in [-0.3, -0.25) is 4.98 Å². The largest absolute Gasteiger partial charge is 0.443 e. The minimum Gasteiger partial charge on any atom is -0.443 e. The molecule has 41 heavy (non-hydrogen) atoms. The molecule has 0 bridgehead atoms. The monoisotopic (exact) mass is 566 g/mol. The fourth-order valence-electron chi connectivity index (χ4n) is 3.73. The molecule has 2 amide bonds. The number of amides is 2. The number of halogens is 2. The molecule has 0 unspecified atom stereocenters. The first-order valence-corrected chi connectivity index (χ1v) is 13.0. The van der Waals surface area contributed by atoms with E-state index in [1.807, 2.05) is 0 Å². The molecule has 0 atom stereocenters. The van der Waals surface area contributed by atoms with Gasteiger partial charge >= 0.3 is 12.2 Å². The summed E-state index contributed by atoms with van der Waals surface area (Å²) in [4.78, 5) is 34.7. The summed E-state index contributed by atoms with van der Waals surface area (Å²) in [5.74, 6) is -1.90. The van der Waals surface area contributed by atoms with Crippen LogP contribution in [-0.4, -0.2) is 33.4 Å². The normalized spacial score (nSPS) is 11.6. The van der Waals surface area contributed by atoms with Gasteiger partial charge in [0.25, 0.3) is 0 Å². The van der Waals surface area contributed by atoms with Crippen LogP contribution in [0.1, 0.15) is 70.7 Å². The number of nitrogens with zero attached hydrogens (tertiary/aromatic N) is 3. The Morgan fingerprint density at radius 3 is 2.10 bits per heavy atom. The van der Waals surface area contributed by atoms with E-state index < -0.39 is 40.8 Å². The molecule has 3 rings (SSSR count). The summed E-state index contributed by atoms with van der Waals surface area (Å²) in [7, 11) is 0. The van der Waals surface area contributed by atoms with Crippen molar-refractivity contribution in [2.24, 2.45) is 0 Å². The molecule has 2 heterocycles. The predicted molar refractivity (Wildman–Crippen MR) is 155 cm³/mol. The zero-order chi connectivity index (χ0) is 30.7. The van der Waals surface area contributed by atoms with Gasteiger partial charge in [-0.25, -0.2) is 23.4 Å². The lowest BCUT2D eigenvalue weighted by molar-refractivity contribution is 0.0427. The van der Waals surface area contributed by atoms with E-state index in [0.717, 1.165) is 5.57 Å². The van der Waals surface area contributed by atoms with Crippen LogP contribution in [0.25, 0.3) is 5.57 Å². The molecule has 0 aliphatic rings. The van der Waals surface area contributed by atoms with Gasteiger partial charge in [0.15, 0.2) is 11.6 Å². The Balaban J connectivity index is 1.96. The number of pyridine rings is 2. The van der Waals surface area contributed by atoms with Crippen molar-refractivity contribution in [1.29, 1.82) is 0 Å². The summed E-state index contributed by atoms with van der Waals surface area (Å²) < 4.78 is 41.3. The summed E-state index contributed by atoms with van der Waals surface area (Å²) in [6.45, 7) is 17.2. The van der Waals surface area contributed by atoms with Crippen molar-refractivity contribution < 1.29 is 27.8 Å². The molecule has 1 aromatic carbocycles. The first-order chi connectivity index (χ1) is 19.0. The van der Waals surface area contributed by atoms with E-state index in [4.69, 9.17) is 9.47 Å². The molecule has 0 spiro atoms. The molecular weight excluding hydrogens is 530 g/mol. The van der Waals surface area contributed by atoms with E-state index in [1.54, 1.807) is 79.9 Å². The summed E-state index contributed by atoms with van der Waals surface area (Å²) in [5, 5.41) is 3.05. The van der Waals surface area contributed by atoms with E-state index in [9.17, 15) is 14.0 Å². The van der Waals surface area contributed by atoms with Crippen LogP contribution in [0.5, 0.6) is 0 Å². The molecule has 2 aromatic heterocycles. The summed E-state index contributed by atoms with van der Waals surface area (Å²) in [6, 6.07) is 6.21. The molecule has 0 aliphatic carbocycles. The minimum absolute atomic E-state index is 0.0449. The number of hydrogen-bond acceptors (Lipinski definition) is 7. The van der Waals surface area contributed by atoms with E-state index in [1.165, 1.54) is 18.3 Å². The van der Waals surface area contributed by atoms with Gasteiger partial charge in [-0.05, 0) is 95.8 Å². The van der Waals surface area contributed by atoms with Crippen LogP contribution in [-0.2, 0) is 15.9 Å². The van der Waals surface area contributed by atoms with Gasteiger partial charge in [-0.15, -0.1) is 0 Å². The number of rotatable bonds is 6. The van der Waals surface area contributed by atoms with Crippen LogP contribution in [0.2, 0.25) is 0 Å². The van der Waals surface area contributed by atoms with Crippen LogP contribution >= 0.6 is 0 Å². The molecule has 0 fully saturated rings. The third kappa shape index (κ3) is 8.09. The van der Waals surface area contributed by atoms with Crippen molar-refractivity contribution in [2.45, 2.75) is 73.0 Å². The zero-order valence-corrected chi connectivity index (χ0v) is 24.7. The van der Waals surface area contributed by atoms with Gasteiger partial charge in [0.05, 0.1) is 17.6 Å². The number of carbonyl (C=O) groups is 2. The number of ether oxygens (including phenoxy) is 2. The van der Waals surface area contributed by atoms with Gasteiger partial charge in [-0.1, -0.05) is 18.2 Å². The first-order valence-electron chi connectivity index (χ1n) is 13.0. The summed E-state index contributed by atoms with van der Waals surface area (Å²) in [5.41, 5.74) is 1.76. The van der Waals surface area contributed by atoms with E-state index in [2.05, 4.69) is 21.9 Å². The van der Waals surface area contributed by atoms with Crippen LogP contribution in [0, 0.1) is 18.6 Å². The third-order valence-corrected chi connectivity index (χ3v) is 5.75. The highest BCUT2D eigenvalue weighted by molar-refractivity contribution is 6.08. The van der Waals surface area contributed by atoms with E-state index in [0.29, 0.717) is 27.3 Å². The fraction of sp³-hybridized carbons (Fsp3) is 0.355. The highest BCUT2D eigenvalue weighted by atomic mass is 19.1. The number of imide groups is 1. The van der Waals surface area contributed by atoms with Gasteiger partial charge in [-0.2, -0.15) is 4.90 Å². The molecule has 0 saturated carbocycles. The maximum Gasteiger partial charge on any atom is 0.425 e. The van der Waals surface area contributed by atoms with Crippen molar-refractivity contribution in [1.82, 2.24) is 9.97 Å². The Morgan fingerprint density at radius 2 is 1.56 bits per heavy atom. The smallest absolute Gasteiger partial charge is 0.425 e. The van der Waals surface area contributed by atoms with Gasteiger partial charge < -0.3 is 14.8 Å². The standard InChI is InChI=1S/C31H36F2N4O4/c1-18(2)20-10-11-24(23(32)15-20)36-25-17-34-16-22(19(25)3)14-21-12-13-35-27(26(21)33)37(28(38)40-30(4,5)6)29(39)41-31(7,8)9/h10-13,15-17,36H,1,14H2,2-9H3. The van der Waals surface area contributed by atoms with Gasteiger partial charge in [0.2, 0.25) is 0 Å².